The van der Waals surface area contributed by atoms with Gasteiger partial charge < -0.3 is 29.2 Å². The van der Waals surface area contributed by atoms with Crippen LogP contribution in [0.15, 0.2) is 54.6 Å². The van der Waals surface area contributed by atoms with Crippen molar-refractivity contribution < 1.29 is 23.7 Å². The largest absolute Gasteiger partial charge is 0.493 e. The van der Waals surface area contributed by atoms with Gasteiger partial charge >= 0.3 is 0 Å². The van der Waals surface area contributed by atoms with Gasteiger partial charge in [-0.25, -0.2) is 0 Å². The van der Waals surface area contributed by atoms with Crippen molar-refractivity contribution in [2.45, 2.75) is 39.0 Å². The Morgan fingerprint density at radius 3 is 2.60 bits per heavy atom. The summed E-state index contributed by atoms with van der Waals surface area (Å²) in [6.45, 7) is 7.70. The number of ether oxygens (including phenoxy) is 4. The minimum absolute atomic E-state index is 0.0109. The van der Waals surface area contributed by atoms with Gasteiger partial charge in [-0.15, -0.1) is 0 Å². The van der Waals surface area contributed by atoms with Crippen LogP contribution in [0.4, 0.5) is 0 Å². The summed E-state index contributed by atoms with van der Waals surface area (Å²) in [5, 5.41) is 14.8. The third kappa shape index (κ3) is 7.30. The standard InChI is InChI=1S/C32H39N3O5/c1-22(2)35(32(36)26-10-11-29(38-4)30(16-26)39-13-5-12-37-3)20-28-18-34-19-31(28)40-21-24-7-9-25-8-6-23(17-33)14-27(25)15-24/h6-11,14-16,22,28,31,34H,5,12-13,18-21H2,1-4H3/t28-,31-/m0/s1. The van der Waals surface area contributed by atoms with Crippen LogP contribution < -0.4 is 14.8 Å². The Kier molecular flexibility index (Phi) is 10.4. The summed E-state index contributed by atoms with van der Waals surface area (Å²) in [6.07, 6.45) is 0.720. The Balaban J connectivity index is 1.42. The van der Waals surface area contributed by atoms with Crippen molar-refractivity contribution in [3.8, 4) is 17.6 Å². The average molecular weight is 546 g/mol. The number of carbonyl (C=O) groups is 1. The molecule has 8 heteroatoms. The summed E-state index contributed by atoms with van der Waals surface area (Å²) in [6, 6.07) is 19.4. The van der Waals surface area contributed by atoms with E-state index in [1.165, 1.54) is 0 Å². The van der Waals surface area contributed by atoms with Gasteiger partial charge in [-0.2, -0.15) is 5.26 Å². The Bertz CT molecular complexity index is 1340. The summed E-state index contributed by atoms with van der Waals surface area (Å²) < 4.78 is 22.8. The molecule has 3 aromatic rings. The van der Waals surface area contributed by atoms with Crippen molar-refractivity contribution in [2.24, 2.45) is 5.92 Å². The lowest BCUT2D eigenvalue weighted by atomic mass is 10.0. The number of rotatable bonds is 13. The second kappa shape index (κ2) is 14.1. The van der Waals surface area contributed by atoms with Crippen LogP contribution >= 0.6 is 0 Å². The molecule has 0 saturated carbocycles. The number of methoxy groups -OCH3 is 2. The molecule has 0 unspecified atom stereocenters. The molecule has 4 rings (SSSR count). The zero-order valence-electron chi connectivity index (χ0n) is 23.8. The summed E-state index contributed by atoms with van der Waals surface area (Å²) in [5.41, 5.74) is 2.26. The number of carbonyl (C=O) groups excluding carboxylic acids is 1. The maximum Gasteiger partial charge on any atom is 0.254 e. The van der Waals surface area contributed by atoms with Crippen LogP contribution in [0.5, 0.6) is 11.5 Å². The van der Waals surface area contributed by atoms with Crippen LogP contribution in [0.1, 0.15) is 41.8 Å². The van der Waals surface area contributed by atoms with Crippen LogP contribution in [0.2, 0.25) is 0 Å². The van der Waals surface area contributed by atoms with Gasteiger partial charge in [0, 0.05) is 57.3 Å². The van der Waals surface area contributed by atoms with Crippen molar-refractivity contribution in [3.63, 3.8) is 0 Å². The summed E-state index contributed by atoms with van der Waals surface area (Å²) in [5.74, 6) is 1.25. The van der Waals surface area contributed by atoms with Gasteiger partial charge in [-0.1, -0.05) is 18.2 Å². The van der Waals surface area contributed by atoms with E-state index >= 15 is 0 Å². The first-order valence-electron chi connectivity index (χ1n) is 13.8. The van der Waals surface area contributed by atoms with E-state index in [-0.39, 0.29) is 24.0 Å². The van der Waals surface area contributed by atoms with E-state index in [9.17, 15) is 10.1 Å². The Morgan fingerprint density at radius 1 is 1.02 bits per heavy atom. The van der Waals surface area contributed by atoms with Gasteiger partial charge in [0.1, 0.15) is 0 Å². The zero-order valence-corrected chi connectivity index (χ0v) is 23.8. The molecule has 3 aromatic carbocycles. The molecule has 1 saturated heterocycles. The minimum atomic E-state index is -0.0483. The van der Waals surface area contributed by atoms with Crippen LogP contribution in [-0.4, -0.2) is 70.0 Å². The van der Waals surface area contributed by atoms with Crippen molar-refractivity contribution in [2.75, 3.05) is 47.1 Å². The van der Waals surface area contributed by atoms with Crippen LogP contribution in [0.25, 0.3) is 10.8 Å². The highest BCUT2D eigenvalue weighted by Crippen LogP contribution is 2.30. The monoisotopic (exact) mass is 545 g/mol. The molecule has 1 aliphatic rings. The van der Waals surface area contributed by atoms with Gasteiger partial charge in [-0.05, 0) is 66.6 Å². The third-order valence-corrected chi connectivity index (χ3v) is 7.25. The van der Waals surface area contributed by atoms with Crippen molar-refractivity contribution in [3.05, 3.63) is 71.3 Å². The molecule has 0 aromatic heterocycles. The first kappa shape index (κ1) is 29.3. The fraction of sp³-hybridized carbons (Fsp3) is 0.438. The predicted octanol–water partition coefficient (Wildman–Crippen LogP) is 4.79. The van der Waals surface area contributed by atoms with Crippen LogP contribution in [0.3, 0.4) is 0 Å². The van der Waals surface area contributed by atoms with Crippen molar-refractivity contribution in [1.29, 1.82) is 5.26 Å². The normalized spacial score (nSPS) is 16.7. The van der Waals surface area contributed by atoms with Gasteiger partial charge in [0.15, 0.2) is 11.5 Å². The fourth-order valence-electron chi connectivity index (χ4n) is 5.00. The number of nitriles is 1. The number of hydrogen-bond acceptors (Lipinski definition) is 7. The molecule has 40 heavy (non-hydrogen) atoms. The lowest BCUT2D eigenvalue weighted by molar-refractivity contribution is 0.0129. The van der Waals surface area contributed by atoms with Crippen molar-refractivity contribution in [1.82, 2.24) is 10.2 Å². The van der Waals surface area contributed by atoms with Gasteiger partial charge in [-0.3, -0.25) is 4.79 Å². The predicted molar refractivity (Wildman–Crippen MR) is 155 cm³/mol. The second-order valence-corrected chi connectivity index (χ2v) is 10.4. The number of fused-ring (bicyclic) bond motifs is 1. The van der Waals surface area contributed by atoms with E-state index in [2.05, 4.69) is 29.6 Å². The molecule has 0 spiro atoms. The Hall–Kier alpha value is -3.64. The highest BCUT2D eigenvalue weighted by Gasteiger charge is 2.32. The Labute approximate surface area is 236 Å². The number of hydrogen-bond donors (Lipinski definition) is 1. The minimum Gasteiger partial charge on any atom is -0.493 e. The molecule has 1 fully saturated rings. The van der Waals surface area contributed by atoms with Gasteiger partial charge in [0.2, 0.25) is 0 Å². The molecule has 1 N–H and O–H groups in total. The fourth-order valence-corrected chi connectivity index (χ4v) is 5.00. The van der Waals surface area contributed by atoms with E-state index < -0.39 is 0 Å². The molecule has 2 atom stereocenters. The molecular formula is C32H39N3O5. The molecular weight excluding hydrogens is 506 g/mol. The summed E-state index contributed by atoms with van der Waals surface area (Å²) >= 11 is 0. The van der Waals surface area contributed by atoms with Gasteiger partial charge in [0.05, 0.1) is 38.1 Å². The second-order valence-electron chi connectivity index (χ2n) is 10.4. The van der Waals surface area contributed by atoms with E-state index in [0.717, 1.165) is 35.8 Å². The van der Waals surface area contributed by atoms with E-state index in [0.29, 0.717) is 49.0 Å². The number of benzene rings is 3. The highest BCUT2D eigenvalue weighted by atomic mass is 16.5. The maximum atomic E-state index is 13.7. The summed E-state index contributed by atoms with van der Waals surface area (Å²) in [4.78, 5) is 15.6. The lowest BCUT2D eigenvalue weighted by Gasteiger charge is -2.31. The first-order valence-corrected chi connectivity index (χ1v) is 13.8. The maximum absolute atomic E-state index is 13.7. The molecule has 1 heterocycles. The average Bonchev–Trinajstić information content (AvgIpc) is 3.42. The molecule has 8 nitrogen and oxygen atoms in total. The van der Waals surface area contributed by atoms with E-state index in [1.54, 1.807) is 32.4 Å². The van der Waals surface area contributed by atoms with Crippen LogP contribution in [-0.2, 0) is 16.1 Å². The molecule has 212 valence electrons. The molecule has 0 bridgehead atoms. The number of nitrogens with one attached hydrogen (secondary N) is 1. The molecule has 1 amide bonds. The molecule has 0 radical (unpaired) electrons. The number of amides is 1. The summed E-state index contributed by atoms with van der Waals surface area (Å²) in [7, 11) is 3.25. The Morgan fingerprint density at radius 2 is 1.85 bits per heavy atom. The topological polar surface area (TPSA) is 93.0 Å². The van der Waals surface area contributed by atoms with E-state index in [4.69, 9.17) is 18.9 Å². The van der Waals surface area contributed by atoms with Gasteiger partial charge in [0.25, 0.3) is 5.91 Å². The SMILES string of the molecule is COCCCOc1cc(C(=O)N(C[C@@H]2CNC[C@@H]2OCc2ccc3ccc(C#N)cc3c2)C(C)C)ccc1OC. The van der Waals surface area contributed by atoms with Crippen molar-refractivity contribution >= 4 is 16.7 Å². The molecule has 0 aliphatic carbocycles. The lowest BCUT2D eigenvalue weighted by Crippen LogP contribution is -2.43. The van der Waals surface area contributed by atoms with Crippen LogP contribution in [0, 0.1) is 17.2 Å². The molecule has 1 aliphatic heterocycles. The highest BCUT2D eigenvalue weighted by molar-refractivity contribution is 5.95. The smallest absolute Gasteiger partial charge is 0.254 e. The number of nitrogens with zero attached hydrogens (tertiary/aromatic N) is 2. The van der Waals surface area contributed by atoms with E-state index in [1.807, 2.05) is 36.9 Å². The first-order chi connectivity index (χ1) is 19.4. The third-order valence-electron chi connectivity index (χ3n) is 7.25. The quantitative estimate of drug-likeness (QED) is 0.309. The zero-order chi connectivity index (χ0) is 28.5.